The van der Waals surface area contributed by atoms with E-state index < -0.39 is 17.4 Å². The lowest BCUT2D eigenvalue weighted by molar-refractivity contribution is -0.117. The smallest absolute Gasteiger partial charge is 0.339 e. The third kappa shape index (κ3) is 3.76. The predicted octanol–water partition coefficient (Wildman–Crippen LogP) is 2.62. The molecule has 2 heterocycles. The molecule has 0 aliphatic carbocycles. The maximum Gasteiger partial charge on any atom is 0.339 e. The third-order valence-corrected chi connectivity index (χ3v) is 5.09. The maximum atomic E-state index is 13.1. The SMILES string of the molecule is COC(=O)c1ccccc1NC(=O)Cn1nc(C)c2c(C)n(-c3ccccc3)nc2c1=O. The normalized spacial score (nSPS) is 10.8. The Balaban J connectivity index is 1.68. The Kier molecular flexibility index (Phi) is 5.55. The summed E-state index contributed by atoms with van der Waals surface area (Å²) in [6, 6.07) is 15.9. The summed E-state index contributed by atoms with van der Waals surface area (Å²) >= 11 is 0. The lowest BCUT2D eigenvalue weighted by Gasteiger charge is -2.10. The van der Waals surface area contributed by atoms with E-state index in [1.165, 1.54) is 7.11 Å². The molecule has 1 N–H and O–H groups in total. The molecule has 162 valence electrons. The molecule has 0 saturated heterocycles. The zero-order valence-electron chi connectivity index (χ0n) is 17.8. The molecule has 2 aromatic carbocycles. The number of para-hydroxylation sites is 2. The van der Waals surface area contributed by atoms with E-state index in [4.69, 9.17) is 4.74 Å². The number of carbonyl (C=O) groups excluding carboxylic acids is 2. The van der Waals surface area contributed by atoms with Crippen molar-refractivity contribution in [2.45, 2.75) is 20.4 Å². The Morgan fingerprint density at radius 3 is 2.41 bits per heavy atom. The van der Waals surface area contributed by atoms with Gasteiger partial charge >= 0.3 is 5.97 Å². The van der Waals surface area contributed by atoms with Crippen LogP contribution in [0, 0.1) is 13.8 Å². The van der Waals surface area contributed by atoms with Crippen LogP contribution in [0.2, 0.25) is 0 Å². The van der Waals surface area contributed by atoms with Gasteiger partial charge in [-0.1, -0.05) is 30.3 Å². The summed E-state index contributed by atoms with van der Waals surface area (Å²) in [4.78, 5) is 37.6. The van der Waals surface area contributed by atoms with E-state index in [0.29, 0.717) is 16.8 Å². The zero-order valence-corrected chi connectivity index (χ0v) is 17.8. The van der Waals surface area contributed by atoms with Crippen molar-refractivity contribution in [2.24, 2.45) is 0 Å². The molecule has 4 aromatic rings. The highest BCUT2D eigenvalue weighted by atomic mass is 16.5. The van der Waals surface area contributed by atoms with Crippen LogP contribution in [0.1, 0.15) is 21.7 Å². The van der Waals surface area contributed by atoms with E-state index in [1.54, 1.807) is 35.9 Å². The summed E-state index contributed by atoms with van der Waals surface area (Å²) in [5, 5.41) is 12.1. The number of benzene rings is 2. The first kappa shape index (κ1) is 21.0. The van der Waals surface area contributed by atoms with Crippen molar-refractivity contribution in [3.8, 4) is 5.69 Å². The van der Waals surface area contributed by atoms with Crippen molar-refractivity contribution in [2.75, 3.05) is 12.4 Å². The van der Waals surface area contributed by atoms with Crippen LogP contribution in [0.15, 0.2) is 59.4 Å². The molecule has 0 aliphatic heterocycles. The van der Waals surface area contributed by atoms with Gasteiger partial charge in [0.1, 0.15) is 6.54 Å². The fourth-order valence-electron chi connectivity index (χ4n) is 3.62. The molecule has 0 radical (unpaired) electrons. The molecule has 1 amide bonds. The lowest BCUT2D eigenvalue weighted by atomic mass is 10.2. The molecule has 9 nitrogen and oxygen atoms in total. The summed E-state index contributed by atoms with van der Waals surface area (Å²) in [5.74, 6) is -1.08. The highest BCUT2D eigenvalue weighted by molar-refractivity contribution is 6.01. The summed E-state index contributed by atoms with van der Waals surface area (Å²) in [7, 11) is 1.26. The second kappa shape index (κ2) is 8.46. The molecule has 0 saturated carbocycles. The number of ether oxygens (including phenoxy) is 1. The molecule has 0 atom stereocenters. The van der Waals surface area contributed by atoms with Crippen LogP contribution in [0.25, 0.3) is 16.6 Å². The molecule has 0 bridgehead atoms. The average Bonchev–Trinajstić information content (AvgIpc) is 3.15. The van der Waals surface area contributed by atoms with Crippen LogP contribution in [0.4, 0.5) is 5.69 Å². The van der Waals surface area contributed by atoms with Crippen LogP contribution in [-0.2, 0) is 16.1 Å². The van der Waals surface area contributed by atoms with Gasteiger partial charge in [-0.3, -0.25) is 9.59 Å². The number of hydrogen-bond donors (Lipinski definition) is 1. The van der Waals surface area contributed by atoms with E-state index in [-0.39, 0.29) is 17.6 Å². The molecule has 0 spiro atoms. The largest absolute Gasteiger partial charge is 0.465 e. The highest BCUT2D eigenvalue weighted by Crippen LogP contribution is 2.21. The number of methoxy groups -OCH3 is 1. The Morgan fingerprint density at radius 1 is 1.00 bits per heavy atom. The van der Waals surface area contributed by atoms with E-state index in [0.717, 1.165) is 16.1 Å². The van der Waals surface area contributed by atoms with Gasteiger partial charge in [-0.25, -0.2) is 14.2 Å². The number of rotatable bonds is 5. The minimum atomic E-state index is -0.574. The van der Waals surface area contributed by atoms with E-state index in [1.807, 2.05) is 37.3 Å². The van der Waals surface area contributed by atoms with E-state index in [9.17, 15) is 14.4 Å². The second-order valence-electron chi connectivity index (χ2n) is 7.19. The third-order valence-electron chi connectivity index (χ3n) is 5.09. The van der Waals surface area contributed by atoms with Gasteiger partial charge in [0.15, 0.2) is 5.52 Å². The summed E-state index contributed by atoms with van der Waals surface area (Å²) in [5.41, 5.74) is 2.47. The Morgan fingerprint density at radius 2 is 1.69 bits per heavy atom. The van der Waals surface area contributed by atoms with Crippen molar-refractivity contribution < 1.29 is 14.3 Å². The molecule has 9 heteroatoms. The number of amides is 1. The van der Waals surface area contributed by atoms with Gasteiger partial charge < -0.3 is 10.1 Å². The lowest BCUT2D eigenvalue weighted by Crippen LogP contribution is -2.30. The zero-order chi connectivity index (χ0) is 22.8. The number of nitrogens with zero attached hydrogens (tertiary/aromatic N) is 4. The monoisotopic (exact) mass is 431 g/mol. The number of esters is 1. The minimum absolute atomic E-state index is 0.215. The topological polar surface area (TPSA) is 108 Å². The molecule has 32 heavy (non-hydrogen) atoms. The molecule has 2 aromatic heterocycles. The maximum absolute atomic E-state index is 13.1. The number of aromatic nitrogens is 4. The van der Waals surface area contributed by atoms with Crippen molar-refractivity contribution in [1.29, 1.82) is 0 Å². The van der Waals surface area contributed by atoms with Crippen LogP contribution < -0.4 is 10.9 Å². The van der Waals surface area contributed by atoms with Crippen molar-refractivity contribution in [3.63, 3.8) is 0 Å². The van der Waals surface area contributed by atoms with Gasteiger partial charge in [0.05, 0.1) is 40.8 Å². The number of anilines is 1. The average molecular weight is 431 g/mol. The van der Waals surface area contributed by atoms with Gasteiger partial charge in [0.25, 0.3) is 5.56 Å². The first-order valence-electron chi connectivity index (χ1n) is 9.90. The summed E-state index contributed by atoms with van der Waals surface area (Å²) in [6.07, 6.45) is 0. The number of hydrogen-bond acceptors (Lipinski definition) is 6. The first-order valence-corrected chi connectivity index (χ1v) is 9.90. The van der Waals surface area contributed by atoms with E-state index in [2.05, 4.69) is 15.5 Å². The fourth-order valence-corrected chi connectivity index (χ4v) is 3.62. The quantitative estimate of drug-likeness (QED) is 0.487. The summed E-state index contributed by atoms with van der Waals surface area (Å²) in [6.45, 7) is 3.31. The number of fused-ring (bicyclic) bond motifs is 1. The fraction of sp³-hybridized carbons (Fsp3) is 0.174. The van der Waals surface area contributed by atoms with Crippen LogP contribution in [0.5, 0.6) is 0 Å². The highest BCUT2D eigenvalue weighted by Gasteiger charge is 2.19. The number of carbonyl (C=O) groups is 2. The number of aryl methyl sites for hydroxylation is 2. The predicted molar refractivity (Wildman–Crippen MR) is 119 cm³/mol. The van der Waals surface area contributed by atoms with Crippen molar-refractivity contribution in [3.05, 3.63) is 81.9 Å². The first-order chi connectivity index (χ1) is 15.4. The number of nitrogens with one attached hydrogen (secondary N) is 1. The Hall–Kier alpha value is -4.27. The van der Waals surface area contributed by atoms with Crippen LogP contribution in [0.3, 0.4) is 0 Å². The minimum Gasteiger partial charge on any atom is -0.465 e. The standard InChI is InChI=1S/C23H21N5O4/c1-14-20-15(2)28(16-9-5-4-6-10-16)26-21(20)22(30)27(25-14)13-19(29)24-18-12-8-7-11-17(18)23(31)32-3/h4-12H,13H2,1-3H3,(H,24,29). The van der Waals surface area contributed by atoms with Crippen molar-refractivity contribution >= 4 is 28.5 Å². The van der Waals surface area contributed by atoms with Gasteiger partial charge in [-0.2, -0.15) is 10.2 Å². The van der Waals surface area contributed by atoms with Crippen LogP contribution in [-0.4, -0.2) is 38.5 Å². The summed E-state index contributed by atoms with van der Waals surface area (Å²) < 4.78 is 7.51. The molecule has 4 rings (SSSR count). The van der Waals surface area contributed by atoms with E-state index >= 15 is 0 Å². The molecule has 0 unspecified atom stereocenters. The molecule has 0 fully saturated rings. The Bertz CT molecular complexity index is 1390. The van der Waals surface area contributed by atoms with Gasteiger partial charge in [0, 0.05) is 0 Å². The second-order valence-corrected chi connectivity index (χ2v) is 7.19. The van der Waals surface area contributed by atoms with Gasteiger partial charge in [-0.05, 0) is 38.1 Å². The van der Waals surface area contributed by atoms with Gasteiger partial charge in [0.2, 0.25) is 5.91 Å². The Labute approximate surface area is 183 Å². The van der Waals surface area contributed by atoms with Crippen molar-refractivity contribution in [1.82, 2.24) is 19.6 Å². The molecular weight excluding hydrogens is 410 g/mol. The van der Waals surface area contributed by atoms with Gasteiger partial charge in [-0.15, -0.1) is 0 Å². The molecule has 0 aliphatic rings. The van der Waals surface area contributed by atoms with Crippen LogP contribution >= 0.6 is 0 Å². The molecular formula is C23H21N5O4.